The smallest absolute Gasteiger partial charge is 0.258 e. The third-order valence-electron chi connectivity index (χ3n) is 3.04. The molecule has 0 bridgehead atoms. The summed E-state index contributed by atoms with van der Waals surface area (Å²) in [4.78, 5) is 23.5. The summed E-state index contributed by atoms with van der Waals surface area (Å²) >= 11 is 11.7. The van der Waals surface area contributed by atoms with Crippen LogP contribution in [0, 0.1) is 6.92 Å². The van der Waals surface area contributed by atoms with Gasteiger partial charge in [0, 0.05) is 5.69 Å². The number of carbonyl (C=O) groups excluding carboxylic acids is 2. The summed E-state index contributed by atoms with van der Waals surface area (Å²) in [6.07, 6.45) is 0. The number of anilines is 1. The number of hydrogen-bond acceptors (Lipinski definition) is 3. The first-order chi connectivity index (χ1) is 11.4. The summed E-state index contributed by atoms with van der Waals surface area (Å²) in [7, 11) is 0. The van der Waals surface area contributed by atoms with Crippen molar-refractivity contribution in [3.05, 3.63) is 58.1 Å². The second kappa shape index (κ2) is 8.57. The number of amides is 2. The Morgan fingerprint density at radius 1 is 1.00 bits per heavy atom. The van der Waals surface area contributed by atoms with Crippen molar-refractivity contribution in [3.63, 3.8) is 0 Å². The summed E-state index contributed by atoms with van der Waals surface area (Å²) in [6.45, 7) is 1.63. The fraction of sp³-hybridized carbons (Fsp3) is 0.176. The molecule has 2 aromatic rings. The van der Waals surface area contributed by atoms with Crippen LogP contribution in [0.2, 0.25) is 10.0 Å². The van der Waals surface area contributed by atoms with Crippen LogP contribution < -0.4 is 15.4 Å². The van der Waals surface area contributed by atoms with E-state index in [1.54, 1.807) is 24.3 Å². The largest absolute Gasteiger partial charge is 0.484 e. The van der Waals surface area contributed by atoms with Gasteiger partial charge in [-0.15, -0.1) is 0 Å². The Morgan fingerprint density at radius 2 is 1.71 bits per heavy atom. The zero-order valence-electron chi connectivity index (χ0n) is 12.9. The zero-order chi connectivity index (χ0) is 17.5. The molecule has 2 rings (SSSR count). The van der Waals surface area contributed by atoms with E-state index in [2.05, 4.69) is 10.6 Å². The zero-order valence-corrected chi connectivity index (χ0v) is 14.4. The van der Waals surface area contributed by atoms with Crippen molar-refractivity contribution in [2.75, 3.05) is 18.5 Å². The van der Waals surface area contributed by atoms with E-state index in [1.807, 2.05) is 19.1 Å². The van der Waals surface area contributed by atoms with Crippen LogP contribution in [0.5, 0.6) is 5.75 Å². The van der Waals surface area contributed by atoms with E-state index in [0.717, 1.165) is 5.56 Å². The minimum Gasteiger partial charge on any atom is -0.484 e. The quantitative estimate of drug-likeness (QED) is 0.822. The highest BCUT2D eigenvalue weighted by Crippen LogP contribution is 2.24. The van der Waals surface area contributed by atoms with Gasteiger partial charge in [-0.25, -0.2) is 0 Å². The normalized spacial score (nSPS) is 10.1. The van der Waals surface area contributed by atoms with Crippen LogP contribution in [-0.2, 0) is 9.59 Å². The Hall–Kier alpha value is -2.24. The first kappa shape index (κ1) is 18.1. The molecule has 7 heteroatoms. The number of rotatable bonds is 6. The summed E-state index contributed by atoms with van der Waals surface area (Å²) in [6, 6.07) is 12.1. The molecule has 2 N–H and O–H groups in total. The van der Waals surface area contributed by atoms with Crippen LogP contribution in [0.3, 0.4) is 0 Å². The van der Waals surface area contributed by atoms with Crippen LogP contribution in [0.1, 0.15) is 5.56 Å². The molecule has 0 aromatic heterocycles. The fourth-order valence-corrected chi connectivity index (χ4v) is 2.09. The van der Waals surface area contributed by atoms with Gasteiger partial charge < -0.3 is 15.4 Å². The molecule has 0 unspecified atom stereocenters. The van der Waals surface area contributed by atoms with Crippen LogP contribution >= 0.6 is 23.2 Å². The number of nitrogens with one attached hydrogen (secondary N) is 2. The molecule has 0 heterocycles. The van der Waals surface area contributed by atoms with E-state index in [4.69, 9.17) is 27.9 Å². The van der Waals surface area contributed by atoms with Gasteiger partial charge in [0.1, 0.15) is 5.75 Å². The molecule has 5 nitrogen and oxygen atoms in total. The van der Waals surface area contributed by atoms with Crippen LogP contribution in [0.4, 0.5) is 5.69 Å². The second-order valence-corrected chi connectivity index (χ2v) is 5.87. The van der Waals surface area contributed by atoms with E-state index in [1.165, 1.54) is 6.07 Å². The third-order valence-corrected chi connectivity index (χ3v) is 3.78. The highest BCUT2D eigenvalue weighted by Gasteiger charge is 2.08. The molecule has 0 fully saturated rings. The first-order valence-corrected chi connectivity index (χ1v) is 7.91. The number of halogens is 2. The second-order valence-electron chi connectivity index (χ2n) is 5.06. The van der Waals surface area contributed by atoms with Crippen molar-refractivity contribution in [2.24, 2.45) is 0 Å². The number of ether oxygens (including phenoxy) is 1. The van der Waals surface area contributed by atoms with Gasteiger partial charge in [0.2, 0.25) is 5.91 Å². The predicted octanol–water partition coefficient (Wildman–Crippen LogP) is 3.44. The molecule has 0 aliphatic rings. The molecule has 0 saturated heterocycles. The van der Waals surface area contributed by atoms with Crippen molar-refractivity contribution in [2.45, 2.75) is 6.92 Å². The van der Waals surface area contributed by atoms with Crippen molar-refractivity contribution in [1.82, 2.24) is 5.32 Å². The van der Waals surface area contributed by atoms with Gasteiger partial charge in [0.25, 0.3) is 5.91 Å². The lowest BCUT2D eigenvalue weighted by molar-refractivity contribution is -0.125. The van der Waals surface area contributed by atoms with Gasteiger partial charge in [-0.3, -0.25) is 9.59 Å². The minimum absolute atomic E-state index is 0.164. The standard InChI is InChI=1S/C17H16Cl2N2O3/c1-11-2-5-13(6-3-11)24-10-17(23)20-9-16(22)21-12-4-7-14(18)15(19)8-12/h2-8H,9-10H2,1H3,(H,20,23)(H,21,22). The molecule has 0 spiro atoms. The molecule has 0 atom stereocenters. The maximum Gasteiger partial charge on any atom is 0.258 e. The lowest BCUT2D eigenvalue weighted by atomic mass is 10.2. The molecule has 126 valence electrons. The molecule has 2 aromatic carbocycles. The number of hydrogen-bond donors (Lipinski definition) is 2. The molecular formula is C17H16Cl2N2O3. The summed E-state index contributed by atoms with van der Waals surface area (Å²) < 4.78 is 5.33. The highest BCUT2D eigenvalue weighted by molar-refractivity contribution is 6.42. The average Bonchev–Trinajstić information content (AvgIpc) is 2.56. The average molecular weight is 367 g/mol. The predicted molar refractivity (Wildman–Crippen MR) is 94.8 cm³/mol. The maximum atomic E-state index is 11.8. The van der Waals surface area contributed by atoms with Gasteiger partial charge in [0.15, 0.2) is 6.61 Å². The molecule has 2 amide bonds. The van der Waals surface area contributed by atoms with Crippen molar-refractivity contribution >= 4 is 40.7 Å². The molecule has 0 radical (unpaired) electrons. The van der Waals surface area contributed by atoms with E-state index >= 15 is 0 Å². The molecule has 0 aliphatic heterocycles. The van der Waals surface area contributed by atoms with Crippen molar-refractivity contribution in [1.29, 1.82) is 0 Å². The van der Waals surface area contributed by atoms with E-state index in [0.29, 0.717) is 21.5 Å². The Morgan fingerprint density at radius 3 is 2.38 bits per heavy atom. The topological polar surface area (TPSA) is 67.4 Å². The molecule has 0 aliphatic carbocycles. The number of aryl methyl sites for hydroxylation is 1. The highest BCUT2D eigenvalue weighted by atomic mass is 35.5. The minimum atomic E-state index is -0.389. The van der Waals surface area contributed by atoms with Crippen LogP contribution in [-0.4, -0.2) is 25.0 Å². The van der Waals surface area contributed by atoms with Gasteiger partial charge in [0.05, 0.1) is 16.6 Å². The van der Waals surface area contributed by atoms with Gasteiger partial charge in [-0.1, -0.05) is 40.9 Å². The fourth-order valence-electron chi connectivity index (χ4n) is 1.79. The molecule has 24 heavy (non-hydrogen) atoms. The van der Waals surface area contributed by atoms with Crippen LogP contribution in [0.15, 0.2) is 42.5 Å². The number of benzene rings is 2. The lowest BCUT2D eigenvalue weighted by Crippen LogP contribution is -2.35. The van der Waals surface area contributed by atoms with E-state index < -0.39 is 0 Å². The molecular weight excluding hydrogens is 351 g/mol. The Balaban J connectivity index is 1.73. The summed E-state index contributed by atoms with van der Waals surface area (Å²) in [5.41, 5.74) is 1.60. The summed E-state index contributed by atoms with van der Waals surface area (Å²) in [5, 5.41) is 5.82. The van der Waals surface area contributed by atoms with Crippen LogP contribution in [0.25, 0.3) is 0 Å². The van der Waals surface area contributed by atoms with Crippen molar-refractivity contribution in [3.8, 4) is 5.75 Å². The Bertz CT molecular complexity index is 733. The van der Waals surface area contributed by atoms with Gasteiger partial charge in [-0.05, 0) is 37.3 Å². The maximum absolute atomic E-state index is 11.8. The van der Waals surface area contributed by atoms with E-state index in [9.17, 15) is 9.59 Å². The lowest BCUT2D eigenvalue weighted by Gasteiger charge is -2.09. The Labute approximate surface area is 149 Å². The SMILES string of the molecule is Cc1ccc(OCC(=O)NCC(=O)Nc2ccc(Cl)c(Cl)c2)cc1. The monoisotopic (exact) mass is 366 g/mol. The Kier molecular flexibility index (Phi) is 6.46. The number of carbonyl (C=O) groups is 2. The van der Waals surface area contributed by atoms with Crippen molar-refractivity contribution < 1.29 is 14.3 Å². The first-order valence-electron chi connectivity index (χ1n) is 7.15. The molecule has 0 saturated carbocycles. The van der Waals surface area contributed by atoms with Gasteiger partial charge in [-0.2, -0.15) is 0 Å². The van der Waals surface area contributed by atoms with Gasteiger partial charge >= 0.3 is 0 Å². The third kappa shape index (κ3) is 5.76. The summed E-state index contributed by atoms with van der Waals surface area (Å²) in [5.74, 6) is -0.173. The van der Waals surface area contributed by atoms with E-state index in [-0.39, 0.29) is 25.0 Å².